The number of hydrogen-bond acceptors (Lipinski definition) is 7. The second-order valence-electron chi connectivity index (χ2n) is 8.98. The predicted octanol–water partition coefficient (Wildman–Crippen LogP) is 2.34. The van der Waals surface area contributed by atoms with Gasteiger partial charge in [0.25, 0.3) is 0 Å². The molecule has 10 nitrogen and oxygen atoms in total. The highest BCUT2D eigenvalue weighted by atomic mass is 16.5. The van der Waals surface area contributed by atoms with Crippen LogP contribution in [0, 0.1) is 0 Å². The van der Waals surface area contributed by atoms with Crippen LogP contribution in [0.25, 0.3) is 5.52 Å². The first-order chi connectivity index (χ1) is 15.7. The molecule has 0 spiro atoms. The van der Waals surface area contributed by atoms with Crippen LogP contribution < -0.4 is 15.5 Å². The molecule has 168 valence electrons. The van der Waals surface area contributed by atoms with Crippen LogP contribution in [-0.2, 0) is 9.53 Å². The minimum atomic E-state index is -0.274. The van der Waals surface area contributed by atoms with Crippen LogP contribution in [0.3, 0.4) is 0 Å². The van der Waals surface area contributed by atoms with Crippen LogP contribution in [0.15, 0.2) is 24.4 Å². The van der Waals surface area contributed by atoms with E-state index >= 15 is 0 Å². The summed E-state index contributed by atoms with van der Waals surface area (Å²) in [7, 11) is 0. The lowest BCUT2D eigenvalue weighted by Gasteiger charge is -2.32. The Morgan fingerprint density at radius 2 is 2.06 bits per heavy atom. The molecule has 1 aliphatic carbocycles. The van der Waals surface area contributed by atoms with Crippen molar-refractivity contribution in [3.63, 3.8) is 0 Å². The van der Waals surface area contributed by atoms with E-state index < -0.39 is 0 Å². The smallest absolute Gasteiger partial charge is 0.249 e. The third-order valence-electron chi connectivity index (χ3n) is 6.59. The quantitative estimate of drug-likeness (QED) is 0.544. The highest BCUT2D eigenvalue weighted by Crippen LogP contribution is 2.39. The van der Waals surface area contributed by atoms with Gasteiger partial charge in [-0.3, -0.25) is 9.89 Å². The van der Waals surface area contributed by atoms with Gasteiger partial charge in [-0.1, -0.05) is 0 Å². The molecule has 1 saturated carbocycles. The molecule has 10 heteroatoms. The van der Waals surface area contributed by atoms with Crippen molar-refractivity contribution < 1.29 is 9.53 Å². The SMILES string of the molecule is O=C(NC1CCN(c2nc(Nc3cc(C4CC4)[nH]n3)c3cccn3n2)CC1)C1CCCO1. The number of piperidine rings is 1. The van der Waals surface area contributed by atoms with Gasteiger partial charge in [-0.2, -0.15) is 10.1 Å². The van der Waals surface area contributed by atoms with Gasteiger partial charge in [0.1, 0.15) is 11.6 Å². The van der Waals surface area contributed by atoms with E-state index in [0.717, 1.165) is 55.9 Å². The lowest BCUT2D eigenvalue weighted by atomic mass is 10.0. The van der Waals surface area contributed by atoms with Crippen molar-refractivity contribution >= 4 is 29.0 Å². The average molecular weight is 437 g/mol. The number of aromatic nitrogens is 5. The van der Waals surface area contributed by atoms with Crippen molar-refractivity contribution in [1.82, 2.24) is 30.1 Å². The van der Waals surface area contributed by atoms with E-state index in [1.54, 1.807) is 0 Å². The molecule has 6 rings (SSSR count). The van der Waals surface area contributed by atoms with Gasteiger partial charge in [-0.15, -0.1) is 5.10 Å². The van der Waals surface area contributed by atoms with E-state index in [1.807, 2.05) is 22.8 Å². The monoisotopic (exact) mass is 436 g/mol. The summed E-state index contributed by atoms with van der Waals surface area (Å²) >= 11 is 0. The third kappa shape index (κ3) is 3.90. The average Bonchev–Trinajstić information content (AvgIpc) is 3.22. The highest BCUT2D eigenvalue weighted by molar-refractivity contribution is 5.81. The minimum Gasteiger partial charge on any atom is -0.368 e. The Hall–Kier alpha value is -3.14. The first-order valence-electron chi connectivity index (χ1n) is 11.6. The molecule has 5 heterocycles. The van der Waals surface area contributed by atoms with Crippen molar-refractivity contribution in [3.05, 3.63) is 30.1 Å². The number of aromatic amines is 1. The largest absolute Gasteiger partial charge is 0.368 e. The molecule has 2 saturated heterocycles. The van der Waals surface area contributed by atoms with Crippen LogP contribution >= 0.6 is 0 Å². The Balaban J connectivity index is 1.15. The summed E-state index contributed by atoms with van der Waals surface area (Å²) in [4.78, 5) is 19.4. The lowest BCUT2D eigenvalue weighted by molar-refractivity contribution is -0.130. The van der Waals surface area contributed by atoms with E-state index in [1.165, 1.54) is 18.5 Å². The molecule has 3 N–H and O–H groups in total. The Labute approximate surface area is 185 Å². The van der Waals surface area contributed by atoms with Crippen molar-refractivity contribution in [1.29, 1.82) is 0 Å². The summed E-state index contributed by atoms with van der Waals surface area (Å²) in [5.74, 6) is 2.84. The normalized spacial score (nSPS) is 21.9. The minimum absolute atomic E-state index is 0.0296. The summed E-state index contributed by atoms with van der Waals surface area (Å²) < 4.78 is 7.35. The van der Waals surface area contributed by atoms with Crippen molar-refractivity contribution in [2.24, 2.45) is 0 Å². The second kappa shape index (κ2) is 8.09. The number of carbonyl (C=O) groups excluding carboxylic acids is 1. The fourth-order valence-electron chi connectivity index (χ4n) is 4.58. The van der Waals surface area contributed by atoms with Crippen LogP contribution in [0.1, 0.15) is 50.1 Å². The Kier molecular flexibility index (Phi) is 4.94. The molecule has 0 aromatic carbocycles. The number of anilines is 3. The summed E-state index contributed by atoms with van der Waals surface area (Å²) in [6.45, 7) is 2.26. The number of hydrogen-bond donors (Lipinski definition) is 3. The first-order valence-corrected chi connectivity index (χ1v) is 11.6. The third-order valence-corrected chi connectivity index (χ3v) is 6.59. The maximum absolute atomic E-state index is 12.4. The molecule has 1 unspecified atom stereocenters. The number of ether oxygens (including phenoxy) is 1. The van der Waals surface area contributed by atoms with E-state index in [2.05, 4.69) is 31.8 Å². The maximum atomic E-state index is 12.4. The highest BCUT2D eigenvalue weighted by Gasteiger charge is 2.29. The molecule has 1 atom stereocenters. The van der Waals surface area contributed by atoms with Crippen LogP contribution in [0.5, 0.6) is 0 Å². The molecular formula is C22H28N8O2. The molecule has 32 heavy (non-hydrogen) atoms. The number of nitrogens with zero attached hydrogens (tertiary/aromatic N) is 5. The Bertz CT molecular complexity index is 1110. The molecule has 2 aliphatic heterocycles. The molecule has 0 bridgehead atoms. The fourth-order valence-corrected chi connectivity index (χ4v) is 4.58. The molecule has 1 amide bonds. The lowest BCUT2D eigenvalue weighted by Crippen LogP contribution is -2.47. The van der Waals surface area contributed by atoms with Crippen LogP contribution in [0.4, 0.5) is 17.6 Å². The van der Waals surface area contributed by atoms with Gasteiger partial charge in [-0.25, -0.2) is 4.52 Å². The maximum Gasteiger partial charge on any atom is 0.249 e. The zero-order chi connectivity index (χ0) is 21.5. The van der Waals surface area contributed by atoms with E-state index in [0.29, 0.717) is 18.5 Å². The predicted molar refractivity (Wildman–Crippen MR) is 119 cm³/mol. The molecule has 3 aliphatic rings. The molecule has 0 radical (unpaired) electrons. The van der Waals surface area contributed by atoms with E-state index in [9.17, 15) is 4.79 Å². The summed E-state index contributed by atoms with van der Waals surface area (Å²) in [5, 5.41) is 18.8. The molecular weight excluding hydrogens is 408 g/mol. The van der Waals surface area contributed by atoms with Crippen LogP contribution in [-0.4, -0.2) is 62.5 Å². The molecule has 3 aromatic rings. The summed E-state index contributed by atoms with van der Waals surface area (Å²) in [6.07, 6.45) is 7.62. The van der Waals surface area contributed by atoms with Crippen LogP contribution in [0.2, 0.25) is 0 Å². The fraction of sp³-hybridized carbons (Fsp3) is 0.545. The van der Waals surface area contributed by atoms with Gasteiger partial charge in [0, 0.05) is 49.6 Å². The van der Waals surface area contributed by atoms with E-state index in [4.69, 9.17) is 14.8 Å². The van der Waals surface area contributed by atoms with Gasteiger partial charge in [-0.05, 0) is 50.7 Å². The number of rotatable bonds is 6. The number of carbonyl (C=O) groups is 1. The number of H-pyrrole nitrogens is 1. The van der Waals surface area contributed by atoms with Crippen molar-refractivity contribution in [2.75, 3.05) is 29.9 Å². The second-order valence-corrected chi connectivity index (χ2v) is 8.98. The Morgan fingerprint density at radius 1 is 1.19 bits per heavy atom. The summed E-state index contributed by atoms with van der Waals surface area (Å²) in [5.41, 5.74) is 2.09. The van der Waals surface area contributed by atoms with Gasteiger partial charge in [0.2, 0.25) is 11.9 Å². The van der Waals surface area contributed by atoms with Crippen molar-refractivity contribution in [3.8, 4) is 0 Å². The standard InChI is InChI=1S/C22H28N8O2/c31-21(18-4-2-12-32-18)23-15-7-10-29(11-8-15)22-25-20(17-3-1-9-30(17)28-22)24-19-13-16(26-27-19)14-5-6-14/h1,3,9,13-15,18H,2,4-8,10-12H2,(H,23,31)(H2,24,25,26,27,28). The first kappa shape index (κ1) is 19.5. The Morgan fingerprint density at radius 3 is 2.84 bits per heavy atom. The van der Waals surface area contributed by atoms with Gasteiger partial charge >= 0.3 is 0 Å². The number of amides is 1. The topological polar surface area (TPSA) is 112 Å². The number of nitrogens with one attached hydrogen (secondary N) is 3. The zero-order valence-corrected chi connectivity index (χ0v) is 18.0. The van der Waals surface area contributed by atoms with Gasteiger partial charge in [0.05, 0.1) is 0 Å². The van der Waals surface area contributed by atoms with E-state index in [-0.39, 0.29) is 18.1 Å². The van der Waals surface area contributed by atoms with Gasteiger partial charge < -0.3 is 20.3 Å². The zero-order valence-electron chi connectivity index (χ0n) is 18.0. The summed E-state index contributed by atoms with van der Waals surface area (Å²) in [6, 6.07) is 6.20. The number of fused-ring (bicyclic) bond motifs is 1. The van der Waals surface area contributed by atoms with Gasteiger partial charge in [0.15, 0.2) is 11.6 Å². The molecule has 3 aromatic heterocycles. The van der Waals surface area contributed by atoms with Crippen molar-refractivity contribution in [2.45, 2.75) is 56.6 Å². The molecule has 3 fully saturated rings.